The molecule has 5 heteroatoms. The van der Waals surface area contributed by atoms with Crippen LogP contribution in [0.2, 0.25) is 0 Å². The van der Waals surface area contributed by atoms with E-state index in [0.29, 0.717) is 18.9 Å². The zero-order chi connectivity index (χ0) is 15.8. The Balaban J connectivity index is 2.47. The second-order valence-electron chi connectivity index (χ2n) is 6.39. The van der Waals surface area contributed by atoms with Crippen LogP contribution in [0, 0.1) is 11.8 Å². The molecule has 122 valence electrons. The lowest BCUT2D eigenvalue weighted by molar-refractivity contribution is -0.144. The number of rotatable bonds is 7. The maximum absolute atomic E-state index is 12.1. The highest BCUT2D eigenvalue weighted by Gasteiger charge is 2.31. The van der Waals surface area contributed by atoms with E-state index in [1.165, 1.54) is 0 Å². The molecule has 1 unspecified atom stereocenters. The Kier molecular flexibility index (Phi) is 7.72. The molecule has 5 nitrogen and oxygen atoms in total. The molecule has 2 N–H and O–H groups in total. The van der Waals surface area contributed by atoms with E-state index in [2.05, 4.69) is 19.2 Å². The zero-order valence-electron chi connectivity index (χ0n) is 13.4. The fourth-order valence-electron chi connectivity index (χ4n) is 2.63. The van der Waals surface area contributed by atoms with Crippen molar-refractivity contribution in [2.24, 2.45) is 11.8 Å². The first kappa shape index (κ1) is 18.0. The molecule has 0 bridgehead atoms. The fourth-order valence-corrected chi connectivity index (χ4v) is 2.63. The van der Waals surface area contributed by atoms with E-state index in [4.69, 9.17) is 4.74 Å². The molecule has 3 atom stereocenters. The van der Waals surface area contributed by atoms with Gasteiger partial charge in [-0.2, -0.15) is 0 Å². The third-order valence-electron chi connectivity index (χ3n) is 4.09. The van der Waals surface area contributed by atoms with Gasteiger partial charge in [0.2, 0.25) is 5.91 Å². The van der Waals surface area contributed by atoms with Crippen LogP contribution in [0.4, 0.5) is 0 Å². The van der Waals surface area contributed by atoms with Crippen molar-refractivity contribution in [3.63, 3.8) is 0 Å². The first-order valence-corrected chi connectivity index (χ1v) is 8.06. The lowest BCUT2D eigenvalue weighted by Crippen LogP contribution is -2.46. The summed E-state index contributed by atoms with van der Waals surface area (Å²) in [5.41, 5.74) is 0. The van der Waals surface area contributed by atoms with Crippen LogP contribution in [0.25, 0.3) is 0 Å². The molecule has 0 radical (unpaired) electrons. The Morgan fingerprint density at radius 3 is 2.48 bits per heavy atom. The smallest absolute Gasteiger partial charge is 0.308 e. The first-order valence-electron chi connectivity index (χ1n) is 8.06. The summed E-state index contributed by atoms with van der Waals surface area (Å²) >= 11 is 0. The molecule has 1 rings (SSSR count). The molecule has 1 aliphatic rings. The van der Waals surface area contributed by atoms with Crippen molar-refractivity contribution in [2.45, 2.75) is 71.4 Å². The summed E-state index contributed by atoms with van der Waals surface area (Å²) in [5, 5.41) is 12.2. The Morgan fingerprint density at radius 1 is 1.19 bits per heavy atom. The number of carbonyl (C=O) groups is 2. The third-order valence-corrected chi connectivity index (χ3v) is 4.09. The number of aliphatic carboxylic acids is 1. The van der Waals surface area contributed by atoms with Crippen molar-refractivity contribution in [3.05, 3.63) is 0 Å². The van der Waals surface area contributed by atoms with Gasteiger partial charge in [0.25, 0.3) is 0 Å². The Morgan fingerprint density at radius 2 is 1.86 bits per heavy atom. The Bertz CT molecular complexity index is 343. The van der Waals surface area contributed by atoms with Crippen molar-refractivity contribution in [1.82, 2.24) is 5.32 Å². The molecule has 0 aliphatic heterocycles. The summed E-state index contributed by atoms with van der Waals surface area (Å²) in [6.07, 6.45) is 4.70. The van der Waals surface area contributed by atoms with Crippen LogP contribution >= 0.6 is 0 Å². The van der Waals surface area contributed by atoms with Gasteiger partial charge in [0.15, 0.2) is 0 Å². The van der Waals surface area contributed by atoms with Crippen molar-refractivity contribution >= 4 is 11.9 Å². The number of ether oxygens (including phenoxy) is 1. The Labute approximate surface area is 127 Å². The molecule has 0 aromatic heterocycles. The highest BCUT2D eigenvalue weighted by Crippen LogP contribution is 2.24. The number of carbonyl (C=O) groups excluding carboxylic acids is 1. The number of amides is 1. The van der Waals surface area contributed by atoms with Gasteiger partial charge in [0.05, 0.1) is 5.92 Å². The van der Waals surface area contributed by atoms with E-state index >= 15 is 0 Å². The second-order valence-corrected chi connectivity index (χ2v) is 6.39. The molecular formula is C16H29NO4. The highest BCUT2D eigenvalue weighted by atomic mass is 16.5. The van der Waals surface area contributed by atoms with Gasteiger partial charge in [-0.1, -0.05) is 33.1 Å². The maximum Gasteiger partial charge on any atom is 0.308 e. The van der Waals surface area contributed by atoms with Gasteiger partial charge in [-0.15, -0.1) is 0 Å². The molecule has 0 spiro atoms. The van der Waals surface area contributed by atoms with Crippen molar-refractivity contribution in [2.75, 3.05) is 6.61 Å². The van der Waals surface area contributed by atoms with Crippen LogP contribution in [-0.2, 0) is 14.3 Å². The van der Waals surface area contributed by atoms with Gasteiger partial charge in [-0.05, 0) is 32.1 Å². The highest BCUT2D eigenvalue weighted by molar-refractivity contribution is 5.81. The van der Waals surface area contributed by atoms with Crippen LogP contribution in [0.3, 0.4) is 0 Å². The number of hydrogen-bond acceptors (Lipinski definition) is 3. The number of carboxylic acid groups (broad SMARTS) is 1. The van der Waals surface area contributed by atoms with Crippen molar-refractivity contribution in [3.8, 4) is 0 Å². The van der Waals surface area contributed by atoms with Crippen LogP contribution in [-0.4, -0.2) is 35.7 Å². The predicted octanol–water partition coefficient (Wildman–Crippen LogP) is 2.59. The van der Waals surface area contributed by atoms with Gasteiger partial charge in [-0.3, -0.25) is 9.59 Å². The third kappa shape index (κ3) is 6.46. The van der Waals surface area contributed by atoms with E-state index in [-0.39, 0.29) is 11.9 Å². The second kappa shape index (κ2) is 9.03. The summed E-state index contributed by atoms with van der Waals surface area (Å²) in [6.45, 7) is 6.50. The standard InChI is InChI=1S/C16H29NO4/c1-11(2)9-10-21-12(3)15(18)17-14-8-6-4-5-7-13(14)16(19)20/h11-14H,4-10H2,1-3H3,(H,17,18)(H,19,20)/t12?,13-,14+/m1/s1. The van der Waals surface area contributed by atoms with Gasteiger partial charge in [-0.25, -0.2) is 0 Å². The summed E-state index contributed by atoms with van der Waals surface area (Å²) in [4.78, 5) is 23.5. The fraction of sp³-hybridized carbons (Fsp3) is 0.875. The van der Waals surface area contributed by atoms with Crippen LogP contribution < -0.4 is 5.32 Å². The van der Waals surface area contributed by atoms with Gasteiger partial charge < -0.3 is 15.2 Å². The Hall–Kier alpha value is -1.10. The van der Waals surface area contributed by atoms with E-state index in [1.807, 2.05) is 0 Å². The van der Waals surface area contributed by atoms with Crippen molar-refractivity contribution < 1.29 is 19.4 Å². The molecule has 1 fully saturated rings. The monoisotopic (exact) mass is 299 g/mol. The summed E-state index contributed by atoms with van der Waals surface area (Å²) < 4.78 is 5.52. The molecule has 1 aliphatic carbocycles. The molecular weight excluding hydrogens is 270 g/mol. The summed E-state index contributed by atoms with van der Waals surface area (Å²) in [7, 11) is 0. The lowest BCUT2D eigenvalue weighted by Gasteiger charge is -2.24. The zero-order valence-corrected chi connectivity index (χ0v) is 13.4. The number of hydrogen-bond donors (Lipinski definition) is 2. The molecule has 21 heavy (non-hydrogen) atoms. The van der Waals surface area contributed by atoms with Crippen LogP contribution in [0.5, 0.6) is 0 Å². The quantitative estimate of drug-likeness (QED) is 0.708. The minimum Gasteiger partial charge on any atom is -0.481 e. The lowest BCUT2D eigenvalue weighted by atomic mass is 9.94. The summed E-state index contributed by atoms with van der Waals surface area (Å²) in [6, 6.07) is -0.270. The molecule has 0 aromatic rings. The van der Waals surface area contributed by atoms with Crippen molar-refractivity contribution in [1.29, 1.82) is 0 Å². The van der Waals surface area contributed by atoms with Gasteiger partial charge >= 0.3 is 5.97 Å². The molecule has 0 saturated heterocycles. The average molecular weight is 299 g/mol. The maximum atomic E-state index is 12.1. The van der Waals surface area contributed by atoms with Crippen LogP contribution in [0.15, 0.2) is 0 Å². The SMILES string of the molecule is CC(C)CCOC(C)C(=O)N[C@H]1CCCCC[C@H]1C(=O)O. The average Bonchev–Trinajstić information content (AvgIpc) is 2.63. The normalized spacial score (nSPS) is 24.4. The molecule has 0 heterocycles. The van der Waals surface area contributed by atoms with E-state index in [9.17, 15) is 14.7 Å². The minimum absolute atomic E-state index is 0.197. The van der Waals surface area contributed by atoms with Gasteiger partial charge in [0.1, 0.15) is 6.10 Å². The number of carboxylic acids is 1. The van der Waals surface area contributed by atoms with E-state index in [0.717, 1.165) is 32.1 Å². The van der Waals surface area contributed by atoms with Gasteiger partial charge in [0, 0.05) is 12.6 Å². The minimum atomic E-state index is -0.810. The largest absolute Gasteiger partial charge is 0.481 e. The first-order chi connectivity index (χ1) is 9.91. The van der Waals surface area contributed by atoms with Crippen LogP contribution in [0.1, 0.15) is 59.3 Å². The molecule has 0 aromatic carbocycles. The van der Waals surface area contributed by atoms with E-state index < -0.39 is 18.0 Å². The van der Waals surface area contributed by atoms with E-state index in [1.54, 1.807) is 6.92 Å². The predicted molar refractivity (Wildman–Crippen MR) is 81.0 cm³/mol. The summed E-state index contributed by atoms with van der Waals surface area (Å²) in [5.74, 6) is -0.940. The molecule has 1 amide bonds. The molecule has 1 saturated carbocycles. The number of nitrogens with one attached hydrogen (secondary N) is 1. The topological polar surface area (TPSA) is 75.6 Å².